The number of carbonyl (C=O) groups is 1. The lowest BCUT2D eigenvalue weighted by atomic mass is 10.1. The highest BCUT2D eigenvalue weighted by molar-refractivity contribution is 7.89. The number of anilines is 1. The van der Waals surface area contributed by atoms with Crippen molar-refractivity contribution in [1.82, 2.24) is 4.98 Å². The molecule has 0 saturated carbocycles. The van der Waals surface area contributed by atoms with E-state index < -0.39 is 10.0 Å². The van der Waals surface area contributed by atoms with Gasteiger partial charge in [-0.3, -0.25) is 9.78 Å². The summed E-state index contributed by atoms with van der Waals surface area (Å²) >= 11 is 11.9. The number of nitrogens with zero attached hydrogens (tertiary/aromatic N) is 2. The van der Waals surface area contributed by atoms with Crippen LogP contribution in [0.15, 0.2) is 12.4 Å². The fourth-order valence-electron chi connectivity index (χ4n) is 2.10. The summed E-state index contributed by atoms with van der Waals surface area (Å²) in [5.41, 5.74) is 0.361. The number of rotatable bonds is 3. The van der Waals surface area contributed by atoms with Crippen molar-refractivity contribution in [2.24, 2.45) is 11.1 Å². The van der Waals surface area contributed by atoms with Crippen molar-refractivity contribution in [1.29, 1.82) is 0 Å². The third-order valence-electron chi connectivity index (χ3n) is 2.77. The van der Waals surface area contributed by atoms with Gasteiger partial charge in [0.25, 0.3) is 0 Å². The number of nitrogens with two attached hydrogens (primary N) is 1. The summed E-state index contributed by atoms with van der Waals surface area (Å²) in [4.78, 5) is 17.1. The van der Waals surface area contributed by atoms with Crippen LogP contribution in [0, 0.1) is 5.92 Å². The van der Waals surface area contributed by atoms with Gasteiger partial charge in [-0.25, -0.2) is 13.6 Å². The van der Waals surface area contributed by atoms with E-state index >= 15 is 0 Å². The number of halogens is 2. The molecule has 2 N–H and O–H groups in total. The van der Waals surface area contributed by atoms with Gasteiger partial charge in [0.2, 0.25) is 15.9 Å². The predicted molar refractivity (Wildman–Crippen MR) is 72.7 cm³/mol. The standard InChI is InChI=1S/C10H11Cl2N3O3S/c11-7-2-14-3-8(12)10(7)15-4-6(1-9(15)16)5-19(13,17)18/h2-3,6H,1,4-5H2,(H2,13,17,18). The van der Waals surface area contributed by atoms with Crippen molar-refractivity contribution >= 4 is 44.8 Å². The Balaban J connectivity index is 2.26. The molecule has 0 radical (unpaired) electrons. The Morgan fingerprint density at radius 1 is 1.37 bits per heavy atom. The van der Waals surface area contributed by atoms with Crippen LogP contribution >= 0.6 is 23.2 Å². The molecule has 2 rings (SSSR count). The first-order valence-electron chi connectivity index (χ1n) is 5.38. The van der Waals surface area contributed by atoms with Gasteiger partial charge < -0.3 is 4.90 Å². The average Bonchev–Trinajstić information content (AvgIpc) is 2.56. The molecule has 1 aliphatic heterocycles. The Labute approximate surface area is 120 Å². The molecule has 1 fully saturated rings. The van der Waals surface area contributed by atoms with Gasteiger partial charge in [0.1, 0.15) is 0 Å². The van der Waals surface area contributed by atoms with Crippen LogP contribution in [-0.2, 0) is 14.8 Å². The number of primary sulfonamides is 1. The zero-order valence-corrected chi connectivity index (χ0v) is 12.0. The molecule has 0 bridgehead atoms. The highest BCUT2D eigenvalue weighted by Gasteiger charge is 2.34. The zero-order valence-electron chi connectivity index (χ0n) is 9.71. The van der Waals surface area contributed by atoms with Crippen LogP contribution in [0.2, 0.25) is 10.0 Å². The number of carbonyl (C=O) groups excluding carboxylic acids is 1. The lowest BCUT2D eigenvalue weighted by Crippen LogP contribution is -2.28. The maximum Gasteiger partial charge on any atom is 0.227 e. The number of amides is 1. The predicted octanol–water partition coefficient (Wildman–Crippen LogP) is 1.03. The minimum atomic E-state index is -3.61. The van der Waals surface area contributed by atoms with Crippen LogP contribution in [0.1, 0.15) is 6.42 Å². The smallest absolute Gasteiger partial charge is 0.227 e. The minimum absolute atomic E-state index is 0.103. The van der Waals surface area contributed by atoms with Crippen LogP contribution in [0.3, 0.4) is 0 Å². The van der Waals surface area contributed by atoms with E-state index in [1.807, 2.05) is 0 Å². The van der Waals surface area contributed by atoms with E-state index in [2.05, 4.69) is 4.98 Å². The first-order chi connectivity index (χ1) is 8.78. The molecule has 1 aliphatic rings. The van der Waals surface area contributed by atoms with Crippen molar-refractivity contribution in [3.8, 4) is 0 Å². The monoisotopic (exact) mass is 323 g/mol. The van der Waals surface area contributed by atoms with E-state index in [9.17, 15) is 13.2 Å². The molecular formula is C10H11Cl2N3O3S. The maximum atomic E-state index is 11.9. The molecule has 0 spiro atoms. The highest BCUT2D eigenvalue weighted by Crippen LogP contribution is 2.36. The summed E-state index contributed by atoms with van der Waals surface area (Å²) in [7, 11) is -3.61. The first kappa shape index (κ1) is 14.5. The number of aromatic nitrogens is 1. The van der Waals surface area contributed by atoms with Gasteiger partial charge >= 0.3 is 0 Å². The van der Waals surface area contributed by atoms with Gasteiger partial charge in [0, 0.05) is 31.3 Å². The maximum absolute atomic E-state index is 11.9. The SMILES string of the molecule is NS(=O)(=O)CC1CC(=O)N(c2c(Cl)cncc2Cl)C1. The highest BCUT2D eigenvalue weighted by atomic mass is 35.5. The fraction of sp³-hybridized carbons (Fsp3) is 0.400. The summed E-state index contributed by atoms with van der Waals surface area (Å²) in [5, 5.41) is 5.48. The second-order valence-corrected chi connectivity index (χ2v) is 6.83. The van der Waals surface area contributed by atoms with Gasteiger partial charge in [-0.15, -0.1) is 0 Å². The van der Waals surface area contributed by atoms with Crippen LogP contribution in [0.25, 0.3) is 0 Å². The summed E-state index contributed by atoms with van der Waals surface area (Å²) in [5.74, 6) is -0.832. The normalized spacial score (nSPS) is 20.1. The lowest BCUT2D eigenvalue weighted by Gasteiger charge is -2.19. The van der Waals surface area contributed by atoms with Gasteiger partial charge in [-0.1, -0.05) is 23.2 Å². The summed E-state index contributed by atoms with van der Waals surface area (Å²) in [6.07, 6.45) is 2.86. The van der Waals surface area contributed by atoms with Crippen LogP contribution < -0.4 is 10.0 Å². The van der Waals surface area contributed by atoms with Crippen LogP contribution in [-0.4, -0.2) is 31.6 Å². The van der Waals surface area contributed by atoms with Crippen molar-refractivity contribution in [3.63, 3.8) is 0 Å². The second-order valence-electron chi connectivity index (χ2n) is 4.36. The molecule has 2 heterocycles. The summed E-state index contributed by atoms with van der Waals surface area (Å²) in [6, 6.07) is 0. The summed E-state index contributed by atoms with van der Waals surface area (Å²) < 4.78 is 22.1. The molecule has 6 nitrogen and oxygen atoms in total. The third kappa shape index (κ3) is 3.36. The molecule has 0 aliphatic carbocycles. The van der Waals surface area contributed by atoms with Gasteiger partial charge in [-0.2, -0.15) is 0 Å². The fourth-order valence-corrected chi connectivity index (χ4v) is 3.55. The minimum Gasteiger partial charge on any atom is -0.309 e. The van der Waals surface area contributed by atoms with Crippen molar-refractivity contribution in [3.05, 3.63) is 22.4 Å². The lowest BCUT2D eigenvalue weighted by molar-refractivity contribution is -0.117. The van der Waals surface area contributed by atoms with E-state index in [1.165, 1.54) is 17.3 Å². The molecule has 1 aromatic rings. The van der Waals surface area contributed by atoms with Crippen molar-refractivity contribution < 1.29 is 13.2 Å². The van der Waals surface area contributed by atoms with Crippen molar-refractivity contribution in [2.45, 2.75) is 6.42 Å². The largest absolute Gasteiger partial charge is 0.309 e. The Kier molecular flexibility index (Phi) is 4.00. The zero-order chi connectivity index (χ0) is 14.2. The molecule has 1 atom stereocenters. The average molecular weight is 324 g/mol. The van der Waals surface area contributed by atoms with Gasteiger partial charge in [-0.05, 0) is 0 Å². The Morgan fingerprint density at radius 2 is 1.95 bits per heavy atom. The number of sulfonamides is 1. The Morgan fingerprint density at radius 3 is 2.47 bits per heavy atom. The summed E-state index contributed by atoms with van der Waals surface area (Å²) in [6.45, 7) is 0.221. The molecule has 0 aromatic carbocycles. The number of pyridine rings is 1. The Hall–Kier alpha value is -0.890. The van der Waals surface area contributed by atoms with Gasteiger partial charge in [0.05, 0.1) is 21.5 Å². The molecule has 1 saturated heterocycles. The van der Waals surface area contributed by atoms with E-state index in [4.69, 9.17) is 28.3 Å². The first-order valence-corrected chi connectivity index (χ1v) is 7.85. The molecular weight excluding hydrogens is 313 g/mol. The second kappa shape index (κ2) is 5.24. The molecule has 1 amide bonds. The molecule has 1 aromatic heterocycles. The topological polar surface area (TPSA) is 93.4 Å². The van der Waals surface area contributed by atoms with E-state index in [0.717, 1.165) is 0 Å². The molecule has 19 heavy (non-hydrogen) atoms. The van der Waals surface area contributed by atoms with Crippen molar-refractivity contribution in [2.75, 3.05) is 17.2 Å². The number of hydrogen-bond donors (Lipinski definition) is 1. The number of hydrogen-bond acceptors (Lipinski definition) is 4. The van der Waals surface area contributed by atoms with Crippen LogP contribution in [0.4, 0.5) is 5.69 Å². The molecule has 9 heteroatoms. The van der Waals surface area contributed by atoms with E-state index in [-0.39, 0.29) is 40.6 Å². The van der Waals surface area contributed by atoms with E-state index in [0.29, 0.717) is 5.69 Å². The molecule has 1 unspecified atom stereocenters. The van der Waals surface area contributed by atoms with Gasteiger partial charge in [0.15, 0.2) is 0 Å². The third-order valence-corrected chi connectivity index (χ3v) is 4.26. The quantitative estimate of drug-likeness (QED) is 0.898. The Bertz CT molecular complexity index is 600. The molecule has 104 valence electrons. The van der Waals surface area contributed by atoms with E-state index in [1.54, 1.807) is 0 Å². The van der Waals surface area contributed by atoms with Crippen LogP contribution in [0.5, 0.6) is 0 Å².